The molecule has 28 heavy (non-hydrogen) atoms. The van der Waals surface area contributed by atoms with E-state index in [0.717, 1.165) is 29.6 Å². The van der Waals surface area contributed by atoms with Crippen molar-refractivity contribution >= 4 is 22.8 Å². The Labute approximate surface area is 162 Å². The molecule has 3 aromatic rings. The Kier molecular flexibility index (Phi) is 4.97. The van der Waals surface area contributed by atoms with Gasteiger partial charge < -0.3 is 19.9 Å². The van der Waals surface area contributed by atoms with Crippen molar-refractivity contribution in [2.45, 2.75) is 18.9 Å². The summed E-state index contributed by atoms with van der Waals surface area (Å²) < 4.78 is 5.11. The highest BCUT2D eigenvalue weighted by molar-refractivity contribution is 5.97. The summed E-state index contributed by atoms with van der Waals surface area (Å²) in [5, 5.41) is 3.06. The van der Waals surface area contributed by atoms with Crippen molar-refractivity contribution < 1.29 is 14.3 Å². The highest BCUT2D eigenvalue weighted by Crippen LogP contribution is 2.18. The van der Waals surface area contributed by atoms with Crippen LogP contribution in [0.2, 0.25) is 0 Å². The van der Waals surface area contributed by atoms with Gasteiger partial charge in [-0.15, -0.1) is 0 Å². The highest BCUT2D eigenvalue weighted by atomic mass is 16.5. The highest BCUT2D eigenvalue weighted by Gasteiger charge is 2.25. The Bertz CT molecular complexity index is 988. The number of methoxy groups -OCH3 is 1. The third kappa shape index (κ3) is 3.69. The van der Waals surface area contributed by atoms with E-state index < -0.39 is 0 Å². The van der Waals surface area contributed by atoms with Crippen LogP contribution in [0.15, 0.2) is 48.8 Å². The topological polar surface area (TPSA) is 87.3 Å². The van der Waals surface area contributed by atoms with Gasteiger partial charge in [-0.3, -0.25) is 9.59 Å². The van der Waals surface area contributed by atoms with Crippen LogP contribution >= 0.6 is 0 Å². The fraction of sp³-hybridized carbons (Fsp3) is 0.286. The van der Waals surface area contributed by atoms with E-state index in [2.05, 4.69) is 15.3 Å². The predicted molar refractivity (Wildman–Crippen MR) is 105 cm³/mol. The van der Waals surface area contributed by atoms with E-state index in [1.165, 1.54) is 0 Å². The molecule has 1 aromatic heterocycles. The molecule has 0 spiro atoms. The van der Waals surface area contributed by atoms with Crippen LogP contribution in [0.4, 0.5) is 0 Å². The van der Waals surface area contributed by atoms with Crippen LogP contribution in [0.5, 0.6) is 5.75 Å². The minimum Gasteiger partial charge on any atom is -0.497 e. The van der Waals surface area contributed by atoms with Crippen molar-refractivity contribution in [2.24, 2.45) is 0 Å². The molecular formula is C21H22N4O3. The SMILES string of the molecule is COc1ccc(C(=O)NC2CCN(C(=O)c3ccc4nc[nH]c4c3)CC2)cc1. The lowest BCUT2D eigenvalue weighted by Gasteiger charge is -2.32. The first-order valence-electron chi connectivity index (χ1n) is 9.31. The third-order valence-electron chi connectivity index (χ3n) is 5.14. The van der Waals surface area contributed by atoms with Crippen LogP contribution < -0.4 is 10.1 Å². The number of H-pyrrole nitrogens is 1. The molecular weight excluding hydrogens is 356 g/mol. The molecule has 7 heteroatoms. The fourth-order valence-corrected chi connectivity index (χ4v) is 3.49. The summed E-state index contributed by atoms with van der Waals surface area (Å²) >= 11 is 0. The Balaban J connectivity index is 1.33. The third-order valence-corrected chi connectivity index (χ3v) is 5.14. The summed E-state index contributed by atoms with van der Waals surface area (Å²) in [5.41, 5.74) is 2.95. The molecule has 0 bridgehead atoms. The largest absolute Gasteiger partial charge is 0.497 e. The Morgan fingerprint density at radius 1 is 1.11 bits per heavy atom. The second-order valence-electron chi connectivity index (χ2n) is 6.90. The van der Waals surface area contributed by atoms with Crippen molar-refractivity contribution in [3.63, 3.8) is 0 Å². The van der Waals surface area contributed by atoms with E-state index in [9.17, 15) is 9.59 Å². The van der Waals surface area contributed by atoms with Crippen LogP contribution in [-0.4, -0.2) is 52.9 Å². The maximum Gasteiger partial charge on any atom is 0.253 e. The van der Waals surface area contributed by atoms with Crippen LogP contribution in [0.25, 0.3) is 11.0 Å². The minimum atomic E-state index is -0.0999. The Hall–Kier alpha value is -3.35. The Morgan fingerprint density at radius 3 is 2.54 bits per heavy atom. The van der Waals surface area contributed by atoms with Gasteiger partial charge >= 0.3 is 0 Å². The molecule has 1 aliphatic rings. The Morgan fingerprint density at radius 2 is 1.82 bits per heavy atom. The number of fused-ring (bicyclic) bond motifs is 1. The molecule has 144 valence electrons. The predicted octanol–water partition coefficient (Wildman–Crippen LogP) is 2.61. The molecule has 2 N–H and O–H groups in total. The number of hydrogen-bond donors (Lipinski definition) is 2. The molecule has 0 aliphatic carbocycles. The molecule has 7 nitrogen and oxygen atoms in total. The lowest BCUT2D eigenvalue weighted by atomic mass is 10.0. The number of carbonyl (C=O) groups is 2. The van der Waals surface area contributed by atoms with E-state index >= 15 is 0 Å². The number of amides is 2. The van der Waals surface area contributed by atoms with E-state index in [0.29, 0.717) is 24.2 Å². The van der Waals surface area contributed by atoms with Crippen molar-refractivity contribution in [2.75, 3.05) is 20.2 Å². The molecule has 0 radical (unpaired) electrons. The molecule has 0 unspecified atom stereocenters. The number of rotatable bonds is 4. The monoisotopic (exact) mass is 378 g/mol. The zero-order valence-electron chi connectivity index (χ0n) is 15.6. The lowest BCUT2D eigenvalue weighted by Crippen LogP contribution is -2.46. The van der Waals surface area contributed by atoms with Gasteiger partial charge in [-0.25, -0.2) is 4.98 Å². The molecule has 1 fully saturated rings. The van der Waals surface area contributed by atoms with Crippen molar-refractivity contribution in [3.8, 4) is 5.75 Å². The standard InChI is InChI=1S/C21H22N4O3/c1-28-17-5-2-14(3-6-17)20(26)24-16-8-10-25(11-9-16)21(27)15-4-7-18-19(12-15)23-13-22-18/h2-7,12-13,16H,8-11H2,1H3,(H,22,23)(H,24,26). The zero-order chi connectivity index (χ0) is 19.5. The van der Waals surface area contributed by atoms with Crippen molar-refractivity contribution in [1.82, 2.24) is 20.2 Å². The lowest BCUT2D eigenvalue weighted by molar-refractivity contribution is 0.0698. The molecule has 4 rings (SSSR count). The average molecular weight is 378 g/mol. The van der Waals surface area contributed by atoms with Crippen LogP contribution in [0.1, 0.15) is 33.6 Å². The molecule has 0 atom stereocenters. The number of likely N-dealkylation sites (tertiary alicyclic amines) is 1. The van der Waals surface area contributed by atoms with Crippen LogP contribution in [0, 0.1) is 0 Å². The van der Waals surface area contributed by atoms with Gasteiger partial charge in [0, 0.05) is 30.3 Å². The van der Waals surface area contributed by atoms with Crippen molar-refractivity contribution in [1.29, 1.82) is 0 Å². The van der Waals surface area contributed by atoms with Crippen molar-refractivity contribution in [3.05, 3.63) is 59.9 Å². The van der Waals surface area contributed by atoms with Gasteiger partial charge in [0.25, 0.3) is 11.8 Å². The first kappa shape index (κ1) is 18.0. The van der Waals surface area contributed by atoms with Gasteiger partial charge in [0.1, 0.15) is 5.75 Å². The first-order chi connectivity index (χ1) is 13.6. The number of imidazole rings is 1. The molecule has 1 saturated heterocycles. The average Bonchev–Trinajstić information content (AvgIpc) is 3.21. The maximum absolute atomic E-state index is 12.8. The van der Waals surface area contributed by atoms with Gasteiger partial charge in [-0.1, -0.05) is 0 Å². The number of ether oxygens (including phenoxy) is 1. The zero-order valence-corrected chi connectivity index (χ0v) is 15.6. The quantitative estimate of drug-likeness (QED) is 0.731. The number of hydrogen-bond acceptors (Lipinski definition) is 4. The summed E-state index contributed by atoms with van der Waals surface area (Å²) in [7, 11) is 1.59. The number of aromatic nitrogens is 2. The number of aromatic amines is 1. The molecule has 1 aliphatic heterocycles. The van der Waals surface area contributed by atoms with E-state index in [1.807, 2.05) is 23.1 Å². The molecule has 2 aromatic carbocycles. The fourth-order valence-electron chi connectivity index (χ4n) is 3.49. The smallest absolute Gasteiger partial charge is 0.253 e. The normalized spacial score (nSPS) is 14.8. The van der Waals surface area contributed by atoms with Gasteiger partial charge in [0.05, 0.1) is 24.5 Å². The second-order valence-corrected chi connectivity index (χ2v) is 6.90. The number of benzene rings is 2. The second kappa shape index (κ2) is 7.72. The maximum atomic E-state index is 12.8. The van der Waals surface area contributed by atoms with E-state index in [1.54, 1.807) is 37.7 Å². The summed E-state index contributed by atoms with van der Waals surface area (Å²) in [6.07, 6.45) is 3.09. The van der Waals surface area contributed by atoms with E-state index in [4.69, 9.17) is 4.74 Å². The molecule has 0 saturated carbocycles. The minimum absolute atomic E-state index is 0.0106. The van der Waals surface area contributed by atoms with Gasteiger partial charge in [0.15, 0.2) is 0 Å². The van der Waals surface area contributed by atoms with Crippen LogP contribution in [-0.2, 0) is 0 Å². The van der Waals surface area contributed by atoms with Gasteiger partial charge in [0.2, 0.25) is 0 Å². The summed E-state index contributed by atoms with van der Waals surface area (Å²) in [6, 6.07) is 12.6. The molecule has 2 heterocycles. The van der Waals surface area contributed by atoms with Gasteiger partial charge in [-0.05, 0) is 55.3 Å². The number of nitrogens with one attached hydrogen (secondary N) is 2. The number of nitrogens with zero attached hydrogens (tertiary/aromatic N) is 2. The first-order valence-corrected chi connectivity index (χ1v) is 9.31. The van der Waals surface area contributed by atoms with E-state index in [-0.39, 0.29) is 17.9 Å². The van der Waals surface area contributed by atoms with Gasteiger partial charge in [-0.2, -0.15) is 0 Å². The van der Waals surface area contributed by atoms with Crippen LogP contribution in [0.3, 0.4) is 0 Å². The molecule has 2 amide bonds. The number of carbonyl (C=O) groups excluding carboxylic acids is 2. The summed E-state index contributed by atoms with van der Waals surface area (Å²) in [5.74, 6) is 0.630. The summed E-state index contributed by atoms with van der Waals surface area (Å²) in [6.45, 7) is 1.24. The summed E-state index contributed by atoms with van der Waals surface area (Å²) in [4.78, 5) is 34.2. The number of piperidine rings is 1.